The Bertz CT molecular complexity index is 947. The van der Waals surface area contributed by atoms with Crippen molar-refractivity contribution in [3.63, 3.8) is 0 Å². The minimum Gasteiger partial charge on any atom is -0.490 e. The highest BCUT2D eigenvalue weighted by molar-refractivity contribution is 5.82. The van der Waals surface area contributed by atoms with Crippen LogP contribution < -0.4 is 15.0 Å². The van der Waals surface area contributed by atoms with Crippen molar-refractivity contribution in [2.45, 2.75) is 37.9 Å². The van der Waals surface area contributed by atoms with Crippen LogP contribution in [0.3, 0.4) is 0 Å². The van der Waals surface area contributed by atoms with E-state index in [1.807, 2.05) is 13.2 Å². The van der Waals surface area contributed by atoms with E-state index in [4.69, 9.17) is 9.47 Å². The normalized spacial score (nSPS) is 20.3. The van der Waals surface area contributed by atoms with E-state index in [9.17, 15) is 10.1 Å². The van der Waals surface area contributed by atoms with Crippen LogP contribution in [0.15, 0.2) is 24.5 Å². The van der Waals surface area contributed by atoms with E-state index in [1.165, 1.54) is 7.11 Å². The Kier molecular flexibility index (Phi) is 5.19. The molecule has 0 bridgehead atoms. The summed E-state index contributed by atoms with van der Waals surface area (Å²) in [6.45, 7) is 7.54. The molecule has 1 aromatic carbocycles. The van der Waals surface area contributed by atoms with Crippen LogP contribution in [0.2, 0.25) is 0 Å². The Morgan fingerprint density at radius 2 is 2.00 bits per heavy atom. The predicted molar refractivity (Wildman–Crippen MR) is 114 cm³/mol. The Morgan fingerprint density at radius 1 is 1.27 bits per heavy atom. The van der Waals surface area contributed by atoms with Crippen molar-refractivity contribution in [1.29, 1.82) is 0 Å². The lowest BCUT2D eigenvalue weighted by molar-refractivity contribution is -0.385. The number of anilines is 1. The Balaban J connectivity index is 1.67. The zero-order chi connectivity index (χ0) is 21.5. The first-order chi connectivity index (χ1) is 14.2. The van der Waals surface area contributed by atoms with Crippen LogP contribution in [0.25, 0.3) is 11.1 Å². The van der Waals surface area contributed by atoms with Crippen molar-refractivity contribution in [3.05, 3.63) is 34.6 Å². The molecule has 0 atom stereocenters. The first-order valence-electron chi connectivity index (χ1n) is 10.2. The van der Waals surface area contributed by atoms with Gasteiger partial charge in [0, 0.05) is 68.4 Å². The molecule has 2 saturated heterocycles. The van der Waals surface area contributed by atoms with Crippen molar-refractivity contribution in [2.24, 2.45) is 7.05 Å². The first kappa shape index (κ1) is 20.6. The van der Waals surface area contributed by atoms with Gasteiger partial charge in [0.05, 0.1) is 29.4 Å². The number of benzene rings is 1. The number of hydrogen-bond acceptors (Lipinski definition) is 7. The van der Waals surface area contributed by atoms with Crippen molar-refractivity contribution in [3.8, 4) is 16.9 Å². The second-order valence-electron chi connectivity index (χ2n) is 8.84. The zero-order valence-corrected chi connectivity index (χ0v) is 18.0. The fraction of sp³-hybridized carbons (Fsp3) is 0.571. The van der Waals surface area contributed by atoms with Crippen LogP contribution in [0.4, 0.5) is 11.4 Å². The summed E-state index contributed by atoms with van der Waals surface area (Å²) in [5.74, 6) is 0.264. The van der Waals surface area contributed by atoms with Crippen LogP contribution in [-0.2, 0) is 11.8 Å². The van der Waals surface area contributed by atoms with Crippen molar-refractivity contribution in [1.82, 2.24) is 15.1 Å². The molecule has 1 aromatic heterocycles. The molecule has 4 rings (SSSR count). The van der Waals surface area contributed by atoms with Crippen molar-refractivity contribution < 1.29 is 14.4 Å². The van der Waals surface area contributed by atoms with Gasteiger partial charge in [-0.3, -0.25) is 14.8 Å². The summed E-state index contributed by atoms with van der Waals surface area (Å²) in [5.41, 5.74) is 2.15. The van der Waals surface area contributed by atoms with Gasteiger partial charge >= 0.3 is 5.69 Å². The Morgan fingerprint density at radius 3 is 2.57 bits per heavy atom. The molecule has 0 saturated carbocycles. The SMILES string of the molecule is COc1cc(N2CCC3(CC2)CNCC(C)(C)O3)c(-c2cnn(C)c2)cc1[N+](=O)[O-]. The van der Waals surface area contributed by atoms with Crippen LogP contribution in [0, 0.1) is 10.1 Å². The van der Waals surface area contributed by atoms with Crippen LogP contribution >= 0.6 is 0 Å². The highest BCUT2D eigenvalue weighted by atomic mass is 16.6. The first-order valence-corrected chi connectivity index (χ1v) is 10.2. The van der Waals surface area contributed by atoms with Gasteiger partial charge < -0.3 is 19.7 Å². The van der Waals surface area contributed by atoms with Gasteiger partial charge in [0.25, 0.3) is 0 Å². The average molecular weight is 415 g/mol. The summed E-state index contributed by atoms with van der Waals surface area (Å²) < 4.78 is 13.5. The standard InChI is InChI=1S/C21H29N5O4/c1-20(2)13-22-14-21(30-20)5-7-25(8-6-21)17-10-19(29-4)18(26(27)28)9-16(17)15-11-23-24(3)12-15/h9-12,22H,5-8,13-14H2,1-4H3. The number of nitrogens with one attached hydrogen (secondary N) is 1. The number of nitro groups is 1. The largest absolute Gasteiger partial charge is 0.490 e. The van der Waals surface area contributed by atoms with E-state index < -0.39 is 4.92 Å². The summed E-state index contributed by atoms with van der Waals surface area (Å²) in [7, 11) is 3.30. The molecule has 1 N–H and O–H groups in total. The molecule has 0 aliphatic carbocycles. The number of methoxy groups -OCH3 is 1. The third-order valence-electron chi connectivity index (χ3n) is 6.02. The quantitative estimate of drug-likeness (QED) is 0.606. The molecule has 0 unspecified atom stereocenters. The van der Waals surface area contributed by atoms with E-state index >= 15 is 0 Å². The molecule has 9 heteroatoms. The maximum atomic E-state index is 11.6. The summed E-state index contributed by atoms with van der Waals surface area (Å²) in [4.78, 5) is 13.5. The Hall–Kier alpha value is -2.65. The molecule has 2 fully saturated rings. The monoisotopic (exact) mass is 415 g/mol. The van der Waals surface area contributed by atoms with E-state index in [2.05, 4.69) is 29.2 Å². The summed E-state index contributed by atoms with van der Waals surface area (Å²) >= 11 is 0. The van der Waals surface area contributed by atoms with Gasteiger partial charge in [-0.2, -0.15) is 5.10 Å². The molecule has 162 valence electrons. The van der Waals surface area contributed by atoms with Gasteiger partial charge in [0.1, 0.15) is 0 Å². The summed E-state index contributed by atoms with van der Waals surface area (Å²) in [5, 5.41) is 19.4. The number of aryl methyl sites for hydroxylation is 1. The zero-order valence-electron chi connectivity index (χ0n) is 18.0. The molecule has 30 heavy (non-hydrogen) atoms. The van der Waals surface area contributed by atoms with Crippen molar-refractivity contribution in [2.75, 3.05) is 38.2 Å². The number of morpholine rings is 1. The number of ether oxygens (including phenoxy) is 2. The summed E-state index contributed by atoms with van der Waals surface area (Å²) in [6.07, 6.45) is 5.37. The fourth-order valence-corrected chi connectivity index (χ4v) is 4.60. The molecule has 2 aliphatic rings. The summed E-state index contributed by atoms with van der Waals surface area (Å²) in [6, 6.07) is 3.37. The maximum Gasteiger partial charge on any atom is 0.311 e. The lowest BCUT2D eigenvalue weighted by Crippen LogP contribution is -2.61. The number of piperidine rings is 1. The molecule has 9 nitrogen and oxygen atoms in total. The second kappa shape index (κ2) is 7.55. The topological polar surface area (TPSA) is 94.7 Å². The van der Waals surface area contributed by atoms with Crippen molar-refractivity contribution >= 4 is 11.4 Å². The van der Waals surface area contributed by atoms with Crippen LogP contribution in [0.5, 0.6) is 5.75 Å². The fourth-order valence-electron chi connectivity index (χ4n) is 4.60. The molecule has 2 aliphatic heterocycles. The van der Waals surface area contributed by atoms with Gasteiger partial charge in [0.15, 0.2) is 5.75 Å². The third kappa shape index (κ3) is 3.87. The lowest BCUT2D eigenvalue weighted by Gasteiger charge is -2.50. The smallest absolute Gasteiger partial charge is 0.311 e. The predicted octanol–water partition coefficient (Wildman–Crippen LogP) is 2.74. The molecule has 3 heterocycles. The van der Waals surface area contributed by atoms with E-state index in [0.717, 1.165) is 55.8 Å². The maximum absolute atomic E-state index is 11.6. The van der Waals surface area contributed by atoms with Gasteiger partial charge in [0.2, 0.25) is 0 Å². The van der Waals surface area contributed by atoms with E-state index in [0.29, 0.717) is 0 Å². The van der Waals surface area contributed by atoms with E-state index in [-0.39, 0.29) is 22.6 Å². The molecular weight excluding hydrogens is 386 g/mol. The molecular formula is C21H29N5O4. The number of nitrogens with zero attached hydrogens (tertiary/aromatic N) is 4. The Labute approximate surface area is 176 Å². The number of aromatic nitrogens is 2. The van der Waals surface area contributed by atoms with Crippen LogP contribution in [-0.4, -0.2) is 59.2 Å². The number of nitro benzene ring substituents is 1. The molecule has 2 aromatic rings. The third-order valence-corrected chi connectivity index (χ3v) is 6.02. The van der Waals surface area contributed by atoms with Gasteiger partial charge in [-0.1, -0.05) is 0 Å². The van der Waals surface area contributed by atoms with Crippen LogP contribution in [0.1, 0.15) is 26.7 Å². The minimum absolute atomic E-state index is 0.0462. The highest BCUT2D eigenvalue weighted by Gasteiger charge is 2.43. The molecule has 0 radical (unpaired) electrons. The minimum atomic E-state index is -0.405. The average Bonchev–Trinajstić information content (AvgIpc) is 3.13. The van der Waals surface area contributed by atoms with Gasteiger partial charge in [-0.25, -0.2) is 0 Å². The molecule has 1 spiro atoms. The molecule has 0 amide bonds. The van der Waals surface area contributed by atoms with Gasteiger partial charge in [-0.15, -0.1) is 0 Å². The number of rotatable bonds is 4. The number of hydrogen-bond donors (Lipinski definition) is 1. The highest BCUT2D eigenvalue weighted by Crippen LogP contribution is 2.42. The van der Waals surface area contributed by atoms with E-state index in [1.54, 1.807) is 23.0 Å². The van der Waals surface area contributed by atoms with Gasteiger partial charge in [-0.05, 0) is 26.7 Å². The lowest BCUT2D eigenvalue weighted by atomic mass is 9.87. The second-order valence-corrected chi connectivity index (χ2v) is 8.84.